The van der Waals surface area contributed by atoms with Gasteiger partial charge >= 0.3 is 0 Å². The summed E-state index contributed by atoms with van der Waals surface area (Å²) in [6.07, 6.45) is 4.15. The summed E-state index contributed by atoms with van der Waals surface area (Å²) >= 11 is 3.16. The summed E-state index contributed by atoms with van der Waals surface area (Å²) in [7, 11) is 0. The van der Waals surface area contributed by atoms with Crippen molar-refractivity contribution in [2.75, 3.05) is 11.9 Å². The SMILES string of the molecule is CCOc1ccccc1Nc1nnc(SCc2cn3cc(C)ccc3n2)s1. The van der Waals surface area contributed by atoms with Gasteiger partial charge in [0.15, 0.2) is 4.34 Å². The van der Waals surface area contributed by atoms with Gasteiger partial charge < -0.3 is 14.5 Å². The van der Waals surface area contributed by atoms with Crippen LogP contribution in [0.25, 0.3) is 5.65 Å². The van der Waals surface area contributed by atoms with Crippen molar-refractivity contribution in [3.8, 4) is 5.75 Å². The van der Waals surface area contributed by atoms with E-state index < -0.39 is 0 Å². The van der Waals surface area contributed by atoms with E-state index in [2.05, 4.69) is 50.3 Å². The number of rotatable bonds is 7. The Kier molecular flexibility index (Phi) is 5.26. The molecule has 0 aliphatic heterocycles. The van der Waals surface area contributed by atoms with E-state index in [0.717, 1.165) is 38.0 Å². The van der Waals surface area contributed by atoms with Gasteiger partial charge in [-0.25, -0.2) is 4.98 Å². The zero-order valence-corrected chi connectivity index (χ0v) is 16.7. The lowest BCUT2D eigenvalue weighted by atomic mass is 10.3. The summed E-state index contributed by atoms with van der Waals surface area (Å²) in [4.78, 5) is 4.64. The molecule has 0 saturated carbocycles. The second kappa shape index (κ2) is 7.98. The fraction of sp³-hybridized carbons (Fsp3) is 0.211. The number of benzene rings is 1. The Balaban J connectivity index is 1.42. The summed E-state index contributed by atoms with van der Waals surface area (Å²) in [6, 6.07) is 11.9. The zero-order valence-electron chi connectivity index (χ0n) is 15.0. The van der Waals surface area contributed by atoms with Crippen molar-refractivity contribution in [2.45, 2.75) is 23.9 Å². The number of hydrogen-bond donors (Lipinski definition) is 1. The predicted molar refractivity (Wildman–Crippen MR) is 110 cm³/mol. The third-order valence-electron chi connectivity index (χ3n) is 3.83. The summed E-state index contributed by atoms with van der Waals surface area (Å²) in [5.74, 6) is 1.56. The average Bonchev–Trinajstić information content (AvgIpc) is 3.28. The van der Waals surface area contributed by atoms with Crippen LogP contribution in [0.2, 0.25) is 0 Å². The van der Waals surface area contributed by atoms with Gasteiger partial charge in [0.25, 0.3) is 0 Å². The first kappa shape index (κ1) is 17.8. The highest BCUT2D eigenvalue weighted by Gasteiger charge is 2.10. The van der Waals surface area contributed by atoms with Gasteiger partial charge in [-0.3, -0.25) is 0 Å². The Morgan fingerprint density at radius 3 is 2.93 bits per heavy atom. The van der Waals surface area contributed by atoms with Gasteiger partial charge in [0.1, 0.15) is 11.4 Å². The van der Waals surface area contributed by atoms with Gasteiger partial charge in [-0.05, 0) is 37.6 Å². The van der Waals surface area contributed by atoms with E-state index in [9.17, 15) is 0 Å². The number of pyridine rings is 1. The van der Waals surface area contributed by atoms with Crippen LogP contribution in [-0.2, 0) is 5.75 Å². The van der Waals surface area contributed by atoms with Crippen LogP contribution >= 0.6 is 23.1 Å². The van der Waals surface area contributed by atoms with Crippen molar-refractivity contribution in [1.82, 2.24) is 19.6 Å². The fourth-order valence-electron chi connectivity index (χ4n) is 2.65. The highest BCUT2D eigenvalue weighted by atomic mass is 32.2. The predicted octanol–water partition coefficient (Wildman–Crippen LogP) is 4.93. The Bertz CT molecular complexity index is 1060. The normalized spacial score (nSPS) is 11.0. The molecule has 1 aromatic carbocycles. The van der Waals surface area contributed by atoms with Crippen molar-refractivity contribution >= 4 is 39.6 Å². The summed E-state index contributed by atoms with van der Waals surface area (Å²) in [5.41, 5.74) is 4.09. The molecule has 0 aliphatic rings. The molecule has 4 rings (SSSR count). The maximum Gasteiger partial charge on any atom is 0.210 e. The van der Waals surface area contributed by atoms with E-state index in [0.29, 0.717) is 6.61 Å². The minimum atomic E-state index is 0.619. The maximum absolute atomic E-state index is 5.64. The Hall–Kier alpha value is -2.58. The van der Waals surface area contributed by atoms with Crippen LogP contribution in [0.1, 0.15) is 18.2 Å². The number of fused-ring (bicyclic) bond motifs is 1. The number of para-hydroxylation sites is 2. The van der Waals surface area contributed by atoms with Crippen LogP contribution in [-0.4, -0.2) is 26.2 Å². The highest BCUT2D eigenvalue weighted by Crippen LogP contribution is 2.32. The maximum atomic E-state index is 5.64. The van der Waals surface area contributed by atoms with Gasteiger partial charge in [0, 0.05) is 18.1 Å². The van der Waals surface area contributed by atoms with E-state index >= 15 is 0 Å². The quantitative estimate of drug-likeness (QED) is 0.446. The molecule has 27 heavy (non-hydrogen) atoms. The number of thioether (sulfide) groups is 1. The van der Waals surface area contributed by atoms with E-state index in [4.69, 9.17) is 4.74 Å². The summed E-state index contributed by atoms with van der Waals surface area (Å²) in [6.45, 7) is 4.67. The van der Waals surface area contributed by atoms with Crippen molar-refractivity contribution in [3.05, 3.63) is 60.0 Å². The Morgan fingerprint density at radius 1 is 1.15 bits per heavy atom. The molecule has 6 nitrogen and oxygen atoms in total. The molecule has 0 saturated heterocycles. The summed E-state index contributed by atoms with van der Waals surface area (Å²) in [5, 5.41) is 12.5. The Labute approximate surface area is 165 Å². The number of anilines is 2. The van der Waals surface area contributed by atoms with Crippen LogP contribution in [0, 0.1) is 6.92 Å². The fourth-order valence-corrected chi connectivity index (χ4v) is 4.29. The average molecular weight is 398 g/mol. The van der Waals surface area contributed by atoms with Crippen LogP contribution in [0.15, 0.2) is 53.1 Å². The second-order valence-corrected chi connectivity index (χ2v) is 8.12. The van der Waals surface area contributed by atoms with E-state index in [-0.39, 0.29) is 0 Å². The first-order valence-electron chi connectivity index (χ1n) is 8.60. The molecule has 0 atom stereocenters. The molecule has 0 fully saturated rings. The third-order valence-corrected chi connectivity index (χ3v) is 5.83. The molecule has 3 heterocycles. The number of aryl methyl sites for hydroxylation is 1. The monoisotopic (exact) mass is 397 g/mol. The van der Waals surface area contributed by atoms with E-state index in [1.54, 1.807) is 11.8 Å². The second-order valence-electron chi connectivity index (χ2n) is 5.92. The molecule has 4 aromatic rings. The molecule has 1 N–H and O–H groups in total. The molecule has 0 unspecified atom stereocenters. The molecular weight excluding hydrogens is 378 g/mol. The molecule has 3 aromatic heterocycles. The lowest BCUT2D eigenvalue weighted by Gasteiger charge is -2.09. The van der Waals surface area contributed by atoms with Crippen molar-refractivity contribution in [3.63, 3.8) is 0 Å². The molecule has 0 aliphatic carbocycles. The lowest BCUT2D eigenvalue weighted by Crippen LogP contribution is -1.97. The lowest BCUT2D eigenvalue weighted by molar-refractivity contribution is 0.342. The number of ether oxygens (including phenoxy) is 1. The minimum Gasteiger partial charge on any atom is -0.492 e. The summed E-state index contributed by atoms with van der Waals surface area (Å²) < 4.78 is 8.60. The van der Waals surface area contributed by atoms with Crippen molar-refractivity contribution in [1.29, 1.82) is 0 Å². The number of nitrogens with one attached hydrogen (secondary N) is 1. The first-order valence-corrected chi connectivity index (χ1v) is 10.4. The molecule has 0 bridgehead atoms. The van der Waals surface area contributed by atoms with Crippen LogP contribution in [0.5, 0.6) is 5.75 Å². The molecule has 0 spiro atoms. The van der Waals surface area contributed by atoms with Gasteiger partial charge in [-0.2, -0.15) is 0 Å². The van der Waals surface area contributed by atoms with Gasteiger partial charge in [0.05, 0.1) is 18.0 Å². The zero-order chi connectivity index (χ0) is 18.6. The first-order chi connectivity index (χ1) is 13.2. The van der Waals surface area contributed by atoms with Crippen LogP contribution in [0.3, 0.4) is 0 Å². The number of imidazole rings is 1. The van der Waals surface area contributed by atoms with E-state index in [1.807, 2.05) is 37.3 Å². The van der Waals surface area contributed by atoms with Crippen molar-refractivity contribution in [2.24, 2.45) is 0 Å². The van der Waals surface area contributed by atoms with Crippen LogP contribution in [0.4, 0.5) is 10.8 Å². The highest BCUT2D eigenvalue weighted by molar-refractivity contribution is 8.00. The van der Waals surface area contributed by atoms with Gasteiger partial charge in [0.2, 0.25) is 5.13 Å². The Morgan fingerprint density at radius 2 is 2.04 bits per heavy atom. The smallest absolute Gasteiger partial charge is 0.210 e. The topological polar surface area (TPSA) is 64.3 Å². The molecular formula is C19H19N5OS2. The van der Waals surface area contributed by atoms with E-state index in [1.165, 1.54) is 16.9 Å². The molecule has 0 amide bonds. The number of hydrogen-bond acceptors (Lipinski definition) is 7. The number of aromatic nitrogens is 4. The molecule has 8 heteroatoms. The molecule has 138 valence electrons. The largest absolute Gasteiger partial charge is 0.492 e. The number of nitrogens with zero attached hydrogens (tertiary/aromatic N) is 4. The van der Waals surface area contributed by atoms with Crippen LogP contribution < -0.4 is 10.1 Å². The van der Waals surface area contributed by atoms with Crippen molar-refractivity contribution < 1.29 is 4.74 Å². The minimum absolute atomic E-state index is 0.619. The van der Waals surface area contributed by atoms with Gasteiger partial charge in [-0.15, -0.1) is 10.2 Å². The molecule has 0 radical (unpaired) electrons. The standard InChI is InChI=1S/C19H19N5OS2/c1-3-25-16-7-5-4-6-15(16)21-18-22-23-19(27-18)26-12-14-11-24-10-13(2)8-9-17(24)20-14/h4-11H,3,12H2,1-2H3,(H,21,22). The van der Waals surface area contributed by atoms with Gasteiger partial charge in [-0.1, -0.05) is 41.3 Å². The third kappa shape index (κ3) is 4.23.